The minimum atomic E-state index is -0.867. The molecule has 1 aromatic carbocycles. The van der Waals surface area contributed by atoms with E-state index in [4.69, 9.17) is 16.9 Å². The van der Waals surface area contributed by atoms with E-state index in [1.807, 2.05) is 0 Å². The highest BCUT2D eigenvalue weighted by Gasteiger charge is 2.31. The summed E-state index contributed by atoms with van der Waals surface area (Å²) in [5.41, 5.74) is 1.23. The number of halogens is 1. The van der Waals surface area contributed by atoms with Crippen LogP contribution in [0.5, 0.6) is 0 Å². The lowest BCUT2D eigenvalue weighted by Gasteiger charge is -2.26. The topological polar surface area (TPSA) is 61.2 Å². The number of nitriles is 1. The van der Waals surface area contributed by atoms with Crippen LogP contribution in [-0.2, 0) is 11.2 Å². The lowest BCUT2D eigenvalue weighted by atomic mass is 9.98. The zero-order valence-electron chi connectivity index (χ0n) is 8.89. The molecule has 1 heterocycles. The Morgan fingerprint density at radius 1 is 1.41 bits per heavy atom. The van der Waals surface area contributed by atoms with Crippen LogP contribution in [-0.4, -0.2) is 28.6 Å². The summed E-state index contributed by atoms with van der Waals surface area (Å²) in [5, 5.41) is 7.73. The number of hydrogen-bond donors (Lipinski definition) is 0. The van der Waals surface area contributed by atoms with E-state index in [-0.39, 0.29) is 24.8 Å². The Kier molecular flexibility index (Phi) is 3.12. The van der Waals surface area contributed by atoms with Gasteiger partial charge in [-0.15, -0.1) is 11.6 Å². The molecule has 1 unspecified atom stereocenters. The van der Waals surface area contributed by atoms with E-state index in [1.165, 1.54) is 0 Å². The second-order valence-corrected chi connectivity index (χ2v) is 4.27. The van der Waals surface area contributed by atoms with Gasteiger partial charge in [-0.05, 0) is 11.6 Å². The van der Waals surface area contributed by atoms with Crippen molar-refractivity contribution in [2.75, 3.05) is 6.54 Å². The minimum absolute atomic E-state index is 0.0654. The van der Waals surface area contributed by atoms with Gasteiger partial charge in [0.2, 0.25) is 5.91 Å². The molecule has 0 aliphatic carbocycles. The molecule has 0 radical (unpaired) electrons. The molecule has 1 aromatic rings. The van der Waals surface area contributed by atoms with Crippen molar-refractivity contribution < 1.29 is 9.59 Å². The molecule has 5 heteroatoms. The molecule has 17 heavy (non-hydrogen) atoms. The van der Waals surface area contributed by atoms with Crippen molar-refractivity contribution in [1.29, 1.82) is 5.26 Å². The fourth-order valence-corrected chi connectivity index (χ4v) is 1.92. The van der Waals surface area contributed by atoms with Crippen molar-refractivity contribution in [2.45, 2.75) is 11.8 Å². The molecule has 2 amide bonds. The summed E-state index contributed by atoms with van der Waals surface area (Å²) in [7, 11) is 0. The third kappa shape index (κ3) is 2.15. The molecule has 86 valence electrons. The number of fused-ring (bicyclic) bond motifs is 1. The number of imide groups is 1. The first kappa shape index (κ1) is 11.6. The third-order valence-corrected chi connectivity index (χ3v) is 2.85. The summed E-state index contributed by atoms with van der Waals surface area (Å²) in [5.74, 6) is -0.688. The minimum Gasteiger partial charge on any atom is -0.276 e. The van der Waals surface area contributed by atoms with Crippen molar-refractivity contribution in [3.63, 3.8) is 0 Å². The second-order valence-electron chi connectivity index (χ2n) is 3.74. The molecular weight excluding hydrogens is 240 g/mol. The summed E-state index contributed by atoms with van der Waals surface area (Å²) in [6.45, 7) is -0.0654. The quantitative estimate of drug-likeness (QED) is 0.586. The van der Waals surface area contributed by atoms with Gasteiger partial charge < -0.3 is 0 Å². The monoisotopic (exact) mass is 248 g/mol. The molecule has 2 rings (SSSR count). The van der Waals surface area contributed by atoms with Crippen LogP contribution < -0.4 is 0 Å². The fraction of sp³-hybridized carbons (Fsp3) is 0.250. The SMILES string of the molecule is N#CC(Cl)CN1C(=O)Cc2ccccc2C1=O. The zero-order chi connectivity index (χ0) is 12.4. The van der Waals surface area contributed by atoms with E-state index in [0.29, 0.717) is 5.56 Å². The van der Waals surface area contributed by atoms with Crippen LogP contribution in [0.3, 0.4) is 0 Å². The Balaban J connectivity index is 2.31. The van der Waals surface area contributed by atoms with Crippen molar-refractivity contribution in [3.05, 3.63) is 35.4 Å². The van der Waals surface area contributed by atoms with Gasteiger partial charge in [0, 0.05) is 5.56 Å². The number of carbonyl (C=O) groups excluding carboxylic acids is 2. The first-order valence-electron chi connectivity index (χ1n) is 5.09. The van der Waals surface area contributed by atoms with Gasteiger partial charge >= 0.3 is 0 Å². The maximum Gasteiger partial charge on any atom is 0.260 e. The molecule has 0 fully saturated rings. The van der Waals surface area contributed by atoms with Crippen molar-refractivity contribution >= 4 is 23.4 Å². The highest BCUT2D eigenvalue weighted by atomic mass is 35.5. The molecule has 0 aromatic heterocycles. The van der Waals surface area contributed by atoms with Crippen LogP contribution >= 0.6 is 11.6 Å². The number of amides is 2. The highest BCUT2D eigenvalue weighted by Crippen LogP contribution is 2.20. The Morgan fingerprint density at radius 2 is 2.12 bits per heavy atom. The van der Waals surface area contributed by atoms with E-state index in [9.17, 15) is 9.59 Å². The maximum absolute atomic E-state index is 12.0. The molecule has 0 saturated carbocycles. The maximum atomic E-state index is 12.0. The van der Waals surface area contributed by atoms with Gasteiger partial charge in [0.15, 0.2) is 0 Å². The van der Waals surface area contributed by atoms with E-state index < -0.39 is 5.38 Å². The molecule has 0 saturated heterocycles. The number of alkyl halides is 1. The standard InChI is InChI=1S/C12H9ClN2O2/c13-9(6-14)7-15-11(16)5-8-3-1-2-4-10(8)12(15)17/h1-4,9H,5,7H2. The first-order chi connectivity index (χ1) is 8.13. The van der Waals surface area contributed by atoms with E-state index in [1.54, 1.807) is 30.3 Å². The van der Waals surface area contributed by atoms with Gasteiger partial charge in [-0.1, -0.05) is 18.2 Å². The largest absolute Gasteiger partial charge is 0.276 e. The third-order valence-electron chi connectivity index (χ3n) is 2.62. The summed E-state index contributed by atoms with van der Waals surface area (Å²) in [4.78, 5) is 24.8. The highest BCUT2D eigenvalue weighted by molar-refractivity contribution is 6.23. The van der Waals surface area contributed by atoms with Crippen molar-refractivity contribution in [1.82, 2.24) is 4.90 Å². The second kappa shape index (κ2) is 4.56. The lowest BCUT2D eigenvalue weighted by Crippen LogP contribution is -2.44. The van der Waals surface area contributed by atoms with Crippen LogP contribution in [0.15, 0.2) is 24.3 Å². The number of rotatable bonds is 2. The van der Waals surface area contributed by atoms with Crippen LogP contribution in [0.4, 0.5) is 0 Å². The number of carbonyl (C=O) groups is 2. The summed E-state index contributed by atoms with van der Waals surface area (Å²) in [6.07, 6.45) is 0.178. The van der Waals surface area contributed by atoms with Gasteiger partial charge in [-0.2, -0.15) is 5.26 Å². The van der Waals surface area contributed by atoms with Crippen molar-refractivity contribution in [3.8, 4) is 6.07 Å². The van der Waals surface area contributed by atoms with Crippen LogP contribution in [0.2, 0.25) is 0 Å². The molecule has 4 nitrogen and oxygen atoms in total. The van der Waals surface area contributed by atoms with E-state index in [2.05, 4.69) is 0 Å². The predicted octanol–water partition coefficient (Wildman–Crippen LogP) is 1.34. The number of nitrogens with zero attached hydrogens (tertiary/aromatic N) is 2. The van der Waals surface area contributed by atoms with Gasteiger partial charge in [0.25, 0.3) is 5.91 Å². The molecule has 1 aliphatic rings. The zero-order valence-corrected chi connectivity index (χ0v) is 9.65. The van der Waals surface area contributed by atoms with E-state index in [0.717, 1.165) is 10.5 Å². The average molecular weight is 249 g/mol. The summed E-state index contributed by atoms with van der Waals surface area (Å²) < 4.78 is 0. The molecule has 0 N–H and O–H groups in total. The molecule has 0 spiro atoms. The summed E-state index contributed by atoms with van der Waals surface area (Å²) >= 11 is 5.65. The normalized spacial score (nSPS) is 16.4. The first-order valence-corrected chi connectivity index (χ1v) is 5.53. The summed E-state index contributed by atoms with van der Waals surface area (Å²) in [6, 6.07) is 8.75. The lowest BCUT2D eigenvalue weighted by molar-refractivity contribution is -0.128. The molecular formula is C12H9ClN2O2. The van der Waals surface area contributed by atoms with E-state index >= 15 is 0 Å². The molecule has 1 atom stereocenters. The number of benzene rings is 1. The van der Waals surface area contributed by atoms with Gasteiger partial charge in [0.1, 0.15) is 5.38 Å². The smallest absolute Gasteiger partial charge is 0.260 e. The molecule has 0 bridgehead atoms. The average Bonchev–Trinajstić information content (AvgIpc) is 2.34. The Hall–Kier alpha value is -1.86. The van der Waals surface area contributed by atoms with Gasteiger partial charge in [-0.25, -0.2) is 0 Å². The Labute approximate surface area is 103 Å². The Morgan fingerprint density at radius 3 is 2.82 bits per heavy atom. The predicted molar refractivity (Wildman–Crippen MR) is 61.4 cm³/mol. The van der Waals surface area contributed by atoms with Crippen LogP contribution in [0.25, 0.3) is 0 Å². The van der Waals surface area contributed by atoms with Gasteiger partial charge in [0.05, 0.1) is 19.0 Å². The fourth-order valence-electron chi connectivity index (χ4n) is 1.79. The number of hydrogen-bond acceptors (Lipinski definition) is 3. The Bertz CT molecular complexity index is 521. The molecule has 1 aliphatic heterocycles. The van der Waals surface area contributed by atoms with Crippen molar-refractivity contribution in [2.24, 2.45) is 0 Å². The van der Waals surface area contributed by atoms with Gasteiger partial charge in [-0.3, -0.25) is 14.5 Å². The van der Waals surface area contributed by atoms with Crippen LogP contribution in [0, 0.1) is 11.3 Å². The van der Waals surface area contributed by atoms with Crippen LogP contribution in [0.1, 0.15) is 15.9 Å².